The maximum atomic E-state index is 6.00. The molecule has 1 aliphatic heterocycles. The third kappa shape index (κ3) is 4.33. The van der Waals surface area contributed by atoms with Crippen LogP contribution in [0, 0.1) is 0 Å². The molecule has 1 N–H and O–H groups in total. The van der Waals surface area contributed by atoms with Crippen molar-refractivity contribution in [2.45, 2.75) is 45.1 Å². The number of nitrogens with one attached hydrogen (secondary N) is 1. The Kier molecular flexibility index (Phi) is 5.44. The summed E-state index contributed by atoms with van der Waals surface area (Å²) >= 11 is 0. The van der Waals surface area contributed by atoms with Crippen molar-refractivity contribution in [1.82, 2.24) is 9.88 Å². The van der Waals surface area contributed by atoms with Crippen LogP contribution in [0.15, 0.2) is 52.9 Å². The first kappa shape index (κ1) is 18.1. The lowest BCUT2D eigenvalue weighted by atomic mass is 10.0. The lowest BCUT2D eigenvalue weighted by Crippen LogP contribution is -2.35. The molecule has 0 spiro atoms. The van der Waals surface area contributed by atoms with Crippen LogP contribution in [0.1, 0.15) is 56.2 Å². The molecule has 4 heteroatoms. The van der Waals surface area contributed by atoms with E-state index in [-0.39, 0.29) is 6.04 Å². The Hall–Kier alpha value is -2.33. The van der Waals surface area contributed by atoms with Crippen molar-refractivity contribution in [3.63, 3.8) is 0 Å². The molecule has 27 heavy (non-hydrogen) atoms. The predicted molar refractivity (Wildman–Crippen MR) is 111 cm³/mol. The average Bonchev–Trinajstić information content (AvgIpc) is 3.10. The summed E-state index contributed by atoms with van der Waals surface area (Å²) in [6.45, 7) is 7.72. The van der Waals surface area contributed by atoms with E-state index in [4.69, 9.17) is 9.40 Å². The van der Waals surface area contributed by atoms with Gasteiger partial charge in [0.05, 0.1) is 6.04 Å². The summed E-state index contributed by atoms with van der Waals surface area (Å²) in [6.07, 6.45) is 3.94. The Morgan fingerprint density at radius 3 is 2.52 bits per heavy atom. The molecule has 2 heterocycles. The Bertz CT molecular complexity index is 866. The first-order valence-corrected chi connectivity index (χ1v) is 10.1. The lowest BCUT2D eigenvalue weighted by molar-refractivity contribution is 0.220. The number of oxazole rings is 1. The van der Waals surface area contributed by atoms with Gasteiger partial charge in [0.1, 0.15) is 5.52 Å². The maximum absolute atomic E-state index is 6.00. The van der Waals surface area contributed by atoms with Gasteiger partial charge in [-0.1, -0.05) is 56.7 Å². The molecule has 1 fully saturated rings. The van der Waals surface area contributed by atoms with Crippen LogP contribution in [0.3, 0.4) is 0 Å². The van der Waals surface area contributed by atoms with E-state index in [0.29, 0.717) is 11.9 Å². The molecule has 0 unspecified atom stereocenters. The highest BCUT2D eigenvalue weighted by molar-refractivity contribution is 5.75. The van der Waals surface area contributed by atoms with E-state index in [0.717, 1.165) is 17.6 Å². The number of hydrogen-bond donors (Lipinski definition) is 1. The van der Waals surface area contributed by atoms with Crippen molar-refractivity contribution in [2.24, 2.45) is 0 Å². The fourth-order valence-electron chi connectivity index (χ4n) is 3.83. The topological polar surface area (TPSA) is 41.3 Å². The Morgan fingerprint density at radius 2 is 1.78 bits per heavy atom. The van der Waals surface area contributed by atoms with Crippen molar-refractivity contribution in [2.75, 3.05) is 25.0 Å². The summed E-state index contributed by atoms with van der Waals surface area (Å²) in [5.41, 5.74) is 4.32. The van der Waals surface area contributed by atoms with Crippen molar-refractivity contribution in [1.29, 1.82) is 0 Å². The van der Waals surface area contributed by atoms with Crippen LogP contribution in [0.4, 0.5) is 6.01 Å². The second kappa shape index (κ2) is 8.13. The smallest absolute Gasteiger partial charge is 0.296 e. The average molecular weight is 364 g/mol. The molecule has 0 aliphatic carbocycles. The molecule has 3 aromatic rings. The number of nitrogens with zero attached hydrogens (tertiary/aromatic N) is 2. The minimum atomic E-state index is 0.168. The minimum absolute atomic E-state index is 0.168. The van der Waals surface area contributed by atoms with Crippen LogP contribution in [-0.4, -0.2) is 29.5 Å². The highest BCUT2D eigenvalue weighted by Crippen LogP contribution is 2.27. The third-order valence-corrected chi connectivity index (χ3v) is 5.47. The van der Waals surface area contributed by atoms with Crippen LogP contribution in [0.25, 0.3) is 11.1 Å². The van der Waals surface area contributed by atoms with Crippen molar-refractivity contribution in [3.8, 4) is 0 Å². The number of hydrogen-bond acceptors (Lipinski definition) is 4. The van der Waals surface area contributed by atoms with Crippen LogP contribution in [0.5, 0.6) is 0 Å². The monoisotopic (exact) mass is 363 g/mol. The second-order valence-corrected chi connectivity index (χ2v) is 7.87. The summed E-state index contributed by atoms with van der Waals surface area (Å²) < 4.78 is 6.00. The fraction of sp³-hybridized carbons (Fsp3) is 0.435. The van der Waals surface area contributed by atoms with Crippen LogP contribution >= 0.6 is 0 Å². The van der Waals surface area contributed by atoms with Crippen molar-refractivity contribution < 1.29 is 4.42 Å². The summed E-state index contributed by atoms with van der Waals surface area (Å²) in [5, 5.41) is 3.56. The molecule has 1 atom stereocenters. The second-order valence-electron chi connectivity index (χ2n) is 7.87. The highest BCUT2D eigenvalue weighted by atomic mass is 16.4. The van der Waals surface area contributed by atoms with Crippen LogP contribution in [0.2, 0.25) is 0 Å². The number of anilines is 1. The molecule has 4 nitrogen and oxygen atoms in total. The zero-order valence-corrected chi connectivity index (χ0v) is 16.3. The maximum Gasteiger partial charge on any atom is 0.296 e. The molecule has 0 amide bonds. The Morgan fingerprint density at radius 1 is 1.00 bits per heavy atom. The Labute approximate surface area is 161 Å². The van der Waals surface area contributed by atoms with Gasteiger partial charge in [0.2, 0.25) is 0 Å². The molecule has 1 aliphatic rings. The van der Waals surface area contributed by atoms with Gasteiger partial charge in [-0.25, -0.2) is 0 Å². The molecule has 142 valence electrons. The van der Waals surface area contributed by atoms with Gasteiger partial charge in [0, 0.05) is 6.54 Å². The van der Waals surface area contributed by atoms with E-state index >= 15 is 0 Å². The van der Waals surface area contributed by atoms with Crippen LogP contribution in [-0.2, 0) is 0 Å². The normalized spacial score (nSPS) is 16.7. The summed E-state index contributed by atoms with van der Waals surface area (Å²) in [6, 6.07) is 17.7. The van der Waals surface area contributed by atoms with E-state index < -0.39 is 0 Å². The van der Waals surface area contributed by atoms with Gasteiger partial charge < -0.3 is 14.6 Å². The summed E-state index contributed by atoms with van der Waals surface area (Å²) in [7, 11) is 0. The molecular formula is C23H29N3O. The van der Waals surface area contributed by atoms with Gasteiger partial charge in [0.25, 0.3) is 6.01 Å². The molecule has 0 radical (unpaired) electrons. The minimum Gasteiger partial charge on any atom is -0.424 e. The fourth-order valence-corrected chi connectivity index (χ4v) is 3.83. The number of aromatic nitrogens is 1. The SMILES string of the molecule is CC(C)c1ccc2oc(N[C@H](CN3CCCCC3)c3ccccc3)nc2c1. The van der Waals surface area contributed by atoms with E-state index in [1.165, 1.54) is 43.5 Å². The molecule has 1 aromatic heterocycles. The molecule has 0 saturated carbocycles. The molecule has 1 saturated heterocycles. The first-order chi connectivity index (χ1) is 13.2. The number of fused-ring (bicyclic) bond motifs is 1. The first-order valence-electron chi connectivity index (χ1n) is 10.1. The number of benzene rings is 2. The van der Waals surface area contributed by atoms with E-state index in [9.17, 15) is 0 Å². The van der Waals surface area contributed by atoms with Crippen molar-refractivity contribution >= 4 is 17.1 Å². The number of rotatable bonds is 6. The largest absolute Gasteiger partial charge is 0.424 e. The zero-order valence-electron chi connectivity index (χ0n) is 16.3. The van der Waals surface area contributed by atoms with Gasteiger partial charge >= 0.3 is 0 Å². The molecule has 0 bridgehead atoms. The molecule has 4 rings (SSSR count). The summed E-state index contributed by atoms with van der Waals surface area (Å²) in [4.78, 5) is 7.27. The molecule has 2 aromatic carbocycles. The van der Waals surface area contributed by atoms with Gasteiger partial charge in [-0.3, -0.25) is 0 Å². The van der Waals surface area contributed by atoms with E-state index in [2.05, 4.69) is 66.5 Å². The summed E-state index contributed by atoms with van der Waals surface area (Å²) in [5.74, 6) is 0.485. The Balaban J connectivity index is 1.57. The van der Waals surface area contributed by atoms with Gasteiger partial charge in [0.15, 0.2) is 5.58 Å². The zero-order chi connectivity index (χ0) is 18.6. The predicted octanol–water partition coefficient (Wildman–Crippen LogP) is 5.59. The third-order valence-electron chi connectivity index (χ3n) is 5.47. The highest BCUT2D eigenvalue weighted by Gasteiger charge is 2.20. The lowest BCUT2D eigenvalue weighted by Gasteiger charge is -2.30. The standard InChI is InChI=1S/C23H29N3O/c1-17(2)19-11-12-22-20(15-19)24-23(27-22)25-21(18-9-5-3-6-10-18)16-26-13-7-4-8-14-26/h3,5-6,9-12,15,17,21H,4,7-8,13-14,16H2,1-2H3,(H,24,25)/t21-/m1/s1. The van der Waals surface area contributed by atoms with Crippen molar-refractivity contribution in [3.05, 3.63) is 59.7 Å². The number of likely N-dealkylation sites (tertiary alicyclic amines) is 1. The van der Waals surface area contributed by atoms with Gasteiger partial charge in [-0.15, -0.1) is 0 Å². The quantitative estimate of drug-likeness (QED) is 0.620. The molecular weight excluding hydrogens is 334 g/mol. The van der Waals surface area contributed by atoms with Gasteiger partial charge in [-0.05, 0) is 55.1 Å². The number of piperidine rings is 1. The van der Waals surface area contributed by atoms with E-state index in [1.807, 2.05) is 6.07 Å². The van der Waals surface area contributed by atoms with Gasteiger partial charge in [-0.2, -0.15) is 4.98 Å². The van der Waals surface area contributed by atoms with Crippen LogP contribution < -0.4 is 5.32 Å². The van der Waals surface area contributed by atoms with E-state index in [1.54, 1.807) is 0 Å².